The fourth-order valence-corrected chi connectivity index (χ4v) is 3.66. The van der Waals surface area contributed by atoms with Crippen molar-refractivity contribution in [3.63, 3.8) is 0 Å². The van der Waals surface area contributed by atoms with Crippen LogP contribution in [0.5, 0.6) is 0 Å². The molecule has 0 saturated carbocycles. The average molecular weight is 288 g/mol. The Morgan fingerprint density at radius 3 is 2.94 bits per heavy atom. The summed E-state index contributed by atoms with van der Waals surface area (Å²) in [5.74, 6) is 0.391. The van der Waals surface area contributed by atoms with Gasteiger partial charge in [-0.05, 0) is 11.4 Å². The lowest BCUT2D eigenvalue weighted by atomic mass is 10.5. The smallest absolute Gasteiger partial charge is 0.242 e. The third-order valence-electron chi connectivity index (χ3n) is 2.20. The van der Waals surface area contributed by atoms with E-state index in [4.69, 9.17) is 5.11 Å². The molecule has 98 valence electrons. The van der Waals surface area contributed by atoms with Crippen molar-refractivity contribution in [3.05, 3.63) is 28.5 Å². The van der Waals surface area contributed by atoms with Crippen LogP contribution >= 0.6 is 11.3 Å². The lowest BCUT2D eigenvalue weighted by Gasteiger charge is -2.04. The predicted octanol–water partition coefficient (Wildman–Crippen LogP) is -0.153. The van der Waals surface area contributed by atoms with Gasteiger partial charge in [0.15, 0.2) is 5.82 Å². The first-order chi connectivity index (χ1) is 8.53. The highest BCUT2D eigenvalue weighted by atomic mass is 32.2. The maximum Gasteiger partial charge on any atom is 0.242 e. The van der Waals surface area contributed by atoms with E-state index in [1.807, 2.05) is 0 Å². The SMILES string of the molecule is Cn1cnc(CNS(=O)(=O)c2ccsc2CO)n1. The van der Waals surface area contributed by atoms with Crippen LogP contribution in [0.2, 0.25) is 0 Å². The summed E-state index contributed by atoms with van der Waals surface area (Å²) in [6, 6.07) is 1.46. The summed E-state index contributed by atoms with van der Waals surface area (Å²) >= 11 is 1.20. The molecule has 2 heterocycles. The van der Waals surface area contributed by atoms with Crippen LogP contribution in [-0.2, 0) is 30.2 Å². The zero-order valence-electron chi connectivity index (χ0n) is 9.57. The van der Waals surface area contributed by atoms with E-state index >= 15 is 0 Å². The fourth-order valence-electron chi connectivity index (χ4n) is 1.39. The number of nitrogens with zero attached hydrogens (tertiary/aromatic N) is 3. The molecule has 2 N–H and O–H groups in total. The second-order valence-electron chi connectivity index (χ2n) is 3.53. The first kappa shape index (κ1) is 13.1. The van der Waals surface area contributed by atoms with Crippen LogP contribution in [0.3, 0.4) is 0 Å². The minimum Gasteiger partial charge on any atom is -0.391 e. The van der Waals surface area contributed by atoms with Gasteiger partial charge in [-0.1, -0.05) is 0 Å². The Morgan fingerprint density at radius 2 is 2.33 bits per heavy atom. The van der Waals surface area contributed by atoms with E-state index in [0.717, 1.165) is 0 Å². The minimum atomic E-state index is -3.64. The van der Waals surface area contributed by atoms with Crippen molar-refractivity contribution in [1.29, 1.82) is 0 Å². The minimum absolute atomic E-state index is 0.0177. The molecule has 0 atom stereocenters. The molecule has 0 radical (unpaired) electrons. The Morgan fingerprint density at radius 1 is 1.56 bits per heavy atom. The molecule has 0 fully saturated rings. The first-order valence-electron chi connectivity index (χ1n) is 5.04. The quantitative estimate of drug-likeness (QED) is 0.797. The lowest BCUT2D eigenvalue weighted by Crippen LogP contribution is -2.24. The first-order valence-corrected chi connectivity index (χ1v) is 7.40. The highest BCUT2D eigenvalue weighted by Gasteiger charge is 2.19. The molecular formula is C9H12N4O3S2. The van der Waals surface area contributed by atoms with Gasteiger partial charge >= 0.3 is 0 Å². The van der Waals surface area contributed by atoms with Gasteiger partial charge in [0.1, 0.15) is 6.33 Å². The summed E-state index contributed by atoms with van der Waals surface area (Å²) in [4.78, 5) is 4.44. The Balaban J connectivity index is 2.13. The summed E-state index contributed by atoms with van der Waals surface area (Å²) in [7, 11) is -1.94. The molecule has 2 aromatic heterocycles. The number of hydrogen-bond acceptors (Lipinski definition) is 6. The molecule has 9 heteroatoms. The van der Waals surface area contributed by atoms with Crippen LogP contribution in [0.4, 0.5) is 0 Å². The highest BCUT2D eigenvalue weighted by molar-refractivity contribution is 7.89. The maximum atomic E-state index is 12.0. The molecule has 0 amide bonds. The molecule has 2 rings (SSSR count). The standard InChI is InChI=1S/C9H12N4O3S2/c1-13-6-10-9(12-13)4-11-18(15,16)8-2-3-17-7(8)5-14/h2-3,6,11,14H,4-5H2,1H3. The molecule has 0 spiro atoms. The van der Waals surface area contributed by atoms with Crippen molar-refractivity contribution in [2.75, 3.05) is 0 Å². The number of rotatable bonds is 5. The van der Waals surface area contributed by atoms with Gasteiger partial charge in [-0.25, -0.2) is 18.1 Å². The number of aromatic nitrogens is 3. The summed E-state index contributed by atoms with van der Waals surface area (Å²) in [6.45, 7) is -0.278. The number of hydrogen-bond donors (Lipinski definition) is 2. The van der Waals surface area contributed by atoms with Crippen LogP contribution in [0.15, 0.2) is 22.7 Å². The van der Waals surface area contributed by atoms with E-state index in [0.29, 0.717) is 10.7 Å². The van der Waals surface area contributed by atoms with Gasteiger partial charge < -0.3 is 5.11 Å². The van der Waals surface area contributed by atoms with Gasteiger partial charge in [0.05, 0.1) is 18.0 Å². The van der Waals surface area contributed by atoms with Crippen molar-refractivity contribution in [3.8, 4) is 0 Å². The largest absolute Gasteiger partial charge is 0.391 e. The molecule has 0 aromatic carbocycles. The predicted molar refractivity (Wildman–Crippen MR) is 65.3 cm³/mol. The fraction of sp³-hybridized carbons (Fsp3) is 0.333. The third-order valence-corrected chi connectivity index (χ3v) is 4.73. The van der Waals surface area contributed by atoms with Crippen molar-refractivity contribution in [2.45, 2.75) is 18.0 Å². The van der Waals surface area contributed by atoms with E-state index in [-0.39, 0.29) is 18.0 Å². The number of aliphatic hydroxyl groups is 1. The maximum absolute atomic E-state index is 12.0. The molecule has 0 aliphatic carbocycles. The van der Waals surface area contributed by atoms with Crippen LogP contribution in [0.1, 0.15) is 10.7 Å². The monoisotopic (exact) mass is 288 g/mol. The zero-order valence-corrected chi connectivity index (χ0v) is 11.2. The Hall–Kier alpha value is -1.29. The summed E-state index contributed by atoms with van der Waals surface area (Å²) in [6.07, 6.45) is 1.49. The van der Waals surface area contributed by atoms with Gasteiger partial charge in [0.2, 0.25) is 10.0 Å². The molecule has 18 heavy (non-hydrogen) atoms. The van der Waals surface area contributed by atoms with Crippen LogP contribution in [-0.4, -0.2) is 28.3 Å². The Bertz CT molecular complexity index is 632. The van der Waals surface area contributed by atoms with E-state index in [9.17, 15) is 8.42 Å². The number of aryl methyl sites for hydroxylation is 1. The van der Waals surface area contributed by atoms with Crippen LogP contribution in [0.25, 0.3) is 0 Å². The van der Waals surface area contributed by atoms with E-state index in [1.165, 1.54) is 28.4 Å². The van der Waals surface area contributed by atoms with Gasteiger partial charge in [0, 0.05) is 11.9 Å². The molecule has 0 saturated heterocycles. The number of nitrogens with one attached hydrogen (secondary N) is 1. The second-order valence-corrected chi connectivity index (χ2v) is 6.26. The molecule has 2 aromatic rings. The van der Waals surface area contributed by atoms with Crippen molar-refractivity contribution in [1.82, 2.24) is 19.5 Å². The van der Waals surface area contributed by atoms with Gasteiger partial charge in [-0.2, -0.15) is 5.10 Å². The van der Waals surface area contributed by atoms with Crippen molar-refractivity contribution < 1.29 is 13.5 Å². The van der Waals surface area contributed by atoms with Crippen LogP contribution in [0, 0.1) is 0 Å². The summed E-state index contributed by atoms with van der Waals surface area (Å²) < 4.78 is 27.8. The van der Waals surface area contributed by atoms with Crippen LogP contribution < -0.4 is 4.72 Å². The zero-order chi connectivity index (χ0) is 13.2. The lowest BCUT2D eigenvalue weighted by molar-refractivity contribution is 0.282. The topological polar surface area (TPSA) is 97.1 Å². The van der Waals surface area contributed by atoms with Gasteiger partial charge in [-0.15, -0.1) is 11.3 Å². The Kier molecular flexibility index (Phi) is 3.76. The molecule has 0 bridgehead atoms. The molecule has 0 aliphatic rings. The normalized spacial score (nSPS) is 11.9. The molecular weight excluding hydrogens is 276 g/mol. The number of thiophene rings is 1. The molecule has 0 unspecified atom stereocenters. The number of aliphatic hydroxyl groups excluding tert-OH is 1. The van der Waals surface area contributed by atoms with Crippen molar-refractivity contribution in [2.24, 2.45) is 7.05 Å². The summed E-state index contributed by atoms with van der Waals surface area (Å²) in [5, 5.41) is 14.6. The molecule has 7 nitrogen and oxygen atoms in total. The average Bonchev–Trinajstić information content (AvgIpc) is 2.95. The number of sulfonamides is 1. The molecule has 0 aliphatic heterocycles. The van der Waals surface area contributed by atoms with E-state index in [2.05, 4.69) is 14.8 Å². The summed E-state index contributed by atoms with van der Waals surface area (Å²) in [5.41, 5.74) is 0. The van der Waals surface area contributed by atoms with Crippen molar-refractivity contribution >= 4 is 21.4 Å². The van der Waals surface area contributed by atoms with E-state index in [1.54, 1.807) is 12.4 Å². The van der Waals surface area contributed by atoms with Gasteiger partial charge in [0.25, 0.3) is 0 Å². The Labute approximate surface area is 108 Å². The van der Waals surface area contributed by atoms with Gasteiger partial charge in [-0.3, -0.25) is 4.68 Å². The third kappa shape index (κ3) is 2.75. The highest BCUT2D eigenvalue weighted by Crippen LogP contribution is 2.21. The second kappa shape index (κ2) is 5.14. The van der Waals surface area contributed by atoms with E-state index < -0.39 is 10.0 Å².